The average Bonchev–Trinajstić information content (AvgIpc) is 2.27. The molecule has 2 aromatic rings. The number of nitrogens with zero attached hydrogens (tertiary/aromatic N) is 1. The minimum Gasteiger partial charge on any atom is -0.218 e. The smallest absolute Gasteiger partial charge is 0.218 e. The van der Waals surface area contributed by atoms with Crippen molar-refractivity contribution in [2.75, 3.05) is 0 Å². The lowest BCUT2D eigenvalue weighted by Gasteiger charge is -2.03. The van der Waals surface area contributed by atoms with Crippen LogP contribution in [0.5, 0.6) is 0 Å². The van der Waals surface area contributed by atoms with E-state index in [4.69, 9.17) is 0 Å². The fraction of sp³-hybridized carbons (Fsp3) is 0. The molecule has 2 rings (SSSR count). The van der Waals surface area contributed by atoms with Gasteiger partial charge < -0.3 is 0 Å². The molecule has 1 aromatic heterocycles. The maximum atomic E-state index is 13.3. The van der Waals surface area contributed by atoms with Gasteiger partial charge in [0.05, 0.1) is 5.69 Å². The van der Waals surface area contributed by atoms with E-state index in [9.17, 15) is 21.1 Å². The molecule has 3 nitrogen and oxygen atoms in total. The van der Waals surface area contributed by atoms with Gasteiger partial charge in [-0.2, -0.15) is 12.8 Å². The Labute approximate surface area is 101 Å². The fourth-order valence-corrected chi connectivity index (χ4v) is 1.89. The van der Waals surface area contributed by atoms with Crippen LogP contribution in [0.25, 0.3) is 11.3 Å². The maximum Gasteiger partial charge on any atom is 0.336 e. The number of hydrogen-bond donors (Lipinski definition) is 0. The van der Waals surface area contributed by atoms with E-state index in [-0.39, 0.29) is 11.3 Å². The minimum atomic E-state index is -5.15. The zero-order valence-corrected chi connectivity index (χ0v) is 9.59. The Balaban J connectivity index is 2.53. The Morgan fingerprint density at radius 3 is 2.33 bits per heavy atom. The number of pyridine rings is 1. The van der Waals surface area contributed by atoms with Gasteiger partial charge in [-0.05, 0) is 24.3 Å². The van der Waals surface area contributed by atoms with Gasteiger partial charge in [-0.3, -0.25) is 0 Å². The molecule has 0 saturated carbocycles. The van der Waals surface area contributed by atoms with Crippen LogP contribution in [-0.4, -0.2) is 13.4 Å². The predicted molar refractivity (Wildman–Crippen MR) is 57.9 cm³/mol. The molecular formula is C11H6F3NO2S. The molecule has 1 aromatic carbocycles. The molecule has 0 unspecified atom stereocenters. The lowest BCUT2D eigenvalue weighted by molar-refractivity contribution is 0.518. The minimum absolute atomic E-state index is 0.0133. The third-order valence-corrected chi connectivity index (χ3v) is 3.03. The van der Waals surface area contributed by atoms with Gasteiger partial charge in [-0.1, -0.05) is 12.1 Å². The molecule has 7 heteroatoms. The molecule has 0 aliphatic rings. The first-order valence-electron chi connectivity index (χ1n) is 4.75. The van der Waals surface area contributed by atoms with Gasteiger partial charge in [-0.25, -0.2) is 9.37 Å². The van der Waals surface area contributed by atoms with Gasteiger partial charge in [0.2, 0.25) is 5.95 Å². The van der Waals surface area contributed by atoms with Gasteiger partial charge in [0.25, 0.3) is 0 Å². The molecule has 0 saturated heterocycles. The molecule has 94 valence electrons. The van der Waals surface area contributed by atoms with Crippen molar-refractivity contribution in [3.8, 4) is 11.3 Å². The van der Waals surface area contributed by atoms with E-state index in [0.29, 0.717) is 0 Å². The first-order chi connectivity index (χ1) is 8.38. The van der Waals surface area contributed by atoms with Crippen LogP contribution in [0.1, 0.15) is 0 Å². The monoisotopic (exact) mass is 273 g/mol. The first-order valence-corrected chi connectivity index (χ1v) is 6.13. The first kappa shape index (κ1) is 12.6. The molecule has 18 heavy (non-hydrogen) atoms. The van der Waals surface area contributed by atoms with Crippen LogP contribution < -0.4 is 0 Å². The van der Waals surface area contributed by atoms with Crippen molar-refractivity contribution in [1.82, 2.24) is 4.98 Å². The van der Waals surface area contributed by atoms with Gasteiger partial charge in [-0.15, -0.1) is 3.89 Å². The number of halogens is 3. The van der Waals surface area contributed by atoms with Gasteiger partial charge in [0, 0.05) is 5.56 Å². The molecule has 0 spiro atoms. The van der Waals surface area contributed by atoms with Gasteiger partial charge in [0.1, 0.15) is 5.82 Å². The topological polar surface area (TPSA) is 47.0 Å². The molecular weight excluding hydrogens is 267 g/mol. The lowest BCUT2D eigenvalue weighted by atomic mass is 10.1. The van der Waals surface area contributed by atoms with E-state index >= 15 is 0 Å². The Hall–Kier alpha value is -1.89. The van der Waals surface area contributed by atoms with Gasteiger partial charge in [0.15, 0.2) is 4.90 Å². The number of benzene rings is 1. The van der Waals surface area contributed by atoms with Gasteiger partial charge >= 0.3 is 10.2 Å². The van der Waals surface area contributed by atoms with Crippen molar-refractivity contribution >= 4 is 10.2 Å². The number of rotatable bonds is 2. The van der Waals surface area contributed by atoms with Crippen LogP contribution in [0.3, 0.4) is 0 Å². The van der Waals surface area contributed by atoms with Crippen LogP contribution >= 0.6 is 0 Å². The molecule has 0 aliphatic heterocycles. The summed E-state index contributed by atoms with van der Waals surface area (Å²) in [5, 5.41) is 0. The van der Waals surface area contributed by atoms with E-state index in [1.54, 1.807) is 0 Å². The Kier molecular flexibility index (Phi) is 3.08. The second-order valence-corrected chi connectivity index (χ2v) is 4.75. The summed E-state index contributed by atoms with van der Waals surface area (Å²) in [7, 11) is -5.15. The molecule has 1 heterocycles. The van der Waals surface area contributed by atoms with E-state index in [1.807, 2.05) is 0 Å². The molecule has 0 amide bonds. The predicted octanol–water partition coefficient (Wildman–Crippen LogP) is 2.69. The highest BCUT2D eigenvalue weighted by Gasteiger charge is 2.19. The van der Waals surface area contributed by atoms with Crippen LogP contribution in [0, 0.1) is 11.8 Å². The summed E-state index contributed by atoms with van der Waals surface area (Å²) in [6.45, 7) is 0. The third-order valence-electron chi connectivity index (χ3n) is 2.20. The van der Waals surface area contributed by atoms with E-state index < -0.39 is 26.9 Å². The summed E-state index contributed by atoms with van der Waals surface area (Å²) < 4.78 is 60.0. The normalized spacial score (nSPS) is 11.5. The average molecular weight is 273 g/mol. The Bertz CT molecular complexity index is 701. The summed E-state index contributed by atoms with van der Waals surface area (Å²) in [5.41, 5.74) is 0.274. The van der Waals surface area contributed by atoms with E-state index in [2.05, 4.69) is 4.98 Å². The van der Waals surface area contributed by atoms with Crippen molar-refractivity contribution in [1.29, 1.82) is 0 Å². The van der Waals surface area contributed by atoms with E-state index in [0.717, 1.165) is 18.2 Å². The maximum absolute atomic E-state index is 13.3. The van der Waals surface area contributed by atoms with Crippen LogP contribution in [-0.2, 0) is 10.2 Å². The molecule has 0 bridgehead atoms. The summed E-state index contributed by atoms with van der Waals surface area (Å²) in [6, 6.07) is 7.01. The van der Waals surface area contributed by atoms with Crippen LogP contribution in [0.2, 0.25) is 0 Å². The van der Waals surface area contributed by atoms with Crippen molar-refractivity contribution in [3.63, 3.8) is 0 Å². The molecule has 0 fully saturated rings. The molecule has 0 aliphatic carbocycles. The highest BCUT2D eigenvalue weighted by Crippen LogP contribution is 2.22. The van der Waals surface area contributed by atoms with Crippen molar-refractivity contribution in [3.05, 3.63) is 48.2 Å². The second kappa shape index (κ2) is 4.41. The lowest BCUT2D eigenvalue weighted by Crippen LogP contribution is -2.00. The zero-order chi connectivity index (χ0) is 13.3. The Morgan fingerprint density at radius 1 is 1.06 bits per heavy atom. The molecule has 0 atom stereocenters. The van der Waals surface area contributed by atoms with Crippen molar-refractivity contribution in [2.45, 2.75) is 4.90 Å². The number of hydrogen-bond acceptors (Lipinski definition) is 3. The second-order valence-electron chi connectivity index (χ2n) is 3.43. The van der Waals surface area contributed by atoms with Crippen molar-refractivity contribution in [2.24, 2.45) is 0 Å². The summed E-state index contributed by atoms with van der Waals surface area (Å²) in [5.74, 6) is -2.00. The highest BCUT2D eigenvalue weighted by molar-refractivity contribution is 7.86. The van der Waals surface area contributed by atoms with Crippen molar-refractivity contribution < 1.29 is 21.1 Å². The molecule has 0 radical (unpaired) electrons. The van der Waals surface area contributed by atoms with Crippen LogP contribution in [0.4, 0.5) is 12.7 Å². The zero-order valence-electron chi connectivity index (χ0n) is 8.77. The summed E-state index contributed by atoms with van der Waals surface area (Å²) in [6.07, 6.45) is 0. The summed E-state index contributed by atoms with van der Waals surface area (Å²) >= 11 is 0. The fourth-order valence-electron chi connectivity index (χ4n) is 1.41. The van der Waals surface area contributed by atoms with Crippen LogP contribution in [0.15, 0.2) is 41.3 Å². The molecule has 0 N–H and O–H groups in total. The largest absolute Gasteiger partial charge is 0.336 e. The standard InChI is InChI=1S/C11H6F3NO2S/c12-8-3-1-2-7(6-8)9-4-5-10(11(13)15-9)18(14,16)17/h1-6H. The SMILES string of the molecule is O=S(=O)(F)c1ccc(-c2cccc(F)c2)nc1F. The highest BCUT2D eigenvalue weighted by atomic mass is 32.3. The van der Waals surface area contributed by atoms with E-state index in [1.165, 1.54) is 18.2 Å². The quantitative estimate of drug-likeness (QED) is 0.624. The Morgan fingerprint density at radius 2 is 1.78 bits per heavy atom. The summed E-state index contributed by atoms with van der Waals surface area (Å²) in [4.78, 5) is 2.16. The number of aromatic nitrogens is 1. The third kappa shape index (κ3) is 2.51.